The second kappa shape index (κ2) is 11.0. The minimum Gasteiger partial charge on any atom is -0.456 e. The monoisotopic (exact) mass is 628 g/mol. The summed E-state index contributed by atoms with van der Waals surface area (Å²) in [7, 11) is 0. The summed E-state index contributed by atoms with van der Waals surface area (Å²) in [6.07, 6.45) is 0. The molecule has 0 aliphatic heterocycles. The van der Waals surface area contributed by atoms with E-state index < -0.39 is 0 Å². The van der Waals surface area contributed by atoms with Crippen molar-refractivity contribution in [3.05, 3.63) is 170 Å². The molecular weight excluding hydrogens is 601 g/mol. The lowest BCUT2D eigenvalue weighted by Crippen LogP contribution is -2.10. The van der Waals surface area contributed by atoms with Gasteiger partial charge in [0.25, 0.3) is 0 Å². The van der Waals surface area contributed by atoms with E-state index in [2.05, 4.69) is 126 Å². The topological polar surface area (TPSA) is 42.4 Å². The minimum atomic E-state index is 0.599. The number of rotatable bonds is 5. The fourth-order valence-corrected chi connectivity index (χ4v) is 7.13. The predicted octanol–water partition coefficient (Wildman–Crippen LogP) is 12.8. The molecule has 0 atom stereocenters. The number of oxazole rings is 1. The highest BCUT2D eigenvalue weighted by Gasteiger charge is 2.23. The zero-order chi connectivity index (χ0) is 32.3. The van der Waals surface area contributed by atoms with Gasteiger partial charge < -0.3 is 13.7 Å². The lowest BCUT2D eigenvalue weighted by Gasteiger charge is -2.26. The van der Waals surface area contributed by atoms with Crippen LogP contribution in [0, 0.1) is 0 Å². The van der Waals surface area contributed by atoms with Gasteiger partial charge in [-0.3, -0.25) is 0 Å². The Hall–Kier alpha value is -6.65. The van der Waals surface area contributed by atoms with Crippen molar-refractivity contribution in [2.75, 3.05) is 4.90 Å². The summed E-state index contributed by atoms with van der Waals surface area (Å²) in [5, 5.41) is 6.73. The zero-order valence-corrected chi connectivity index (χ0v) is 26.4. The van der Waals surface area contributed by atoms with E-state index in [4.69, 9.17) is 13.8 Å². The number of hydrogen-bond donors (Lipinski definition) is 0. The van der Waals surface area contributed by atoms with Crippen LogP contribution in [0.15, 0.2) is 179 Å². The van der Waals surface area contributed by atoms with E-state index in [1.165, 1.54) is 0 Å². The van der Waals surface area contributed by atoms with E-state index >= 15 is 0 Å². The summed E-state index contributed by atoms with van der Waals surface area (Å²) in [6, 6.07) is 59.1. The van der Waals surface area contributed by atoms with Crippen LogP contribution >= 0.6 is 0 Å². The molecule has 4 nitrogen and oxygen atoms in total. The molecule has 10 aromatic rings. The number of aromatic nitrogens is 1. The fraction of sp³-hybridized carbons (Fsp3) is 0. The summed E-state index contributed by atoms with van der Waals surface area (Å²) >= 11 is 0. The minimum absolute atomic E-state index is 0.599. The van der Waals surface area contributed by atoms with Crippen molar-refractivity contribution >= 4 is 71.6 Å². The zero-order valence-electron chi connectivity index (χ0n) is 26.4. The molecular formula is C45H28N2O2. The van der Waals surface area contributed by atoms with E-state index in [1.807, 2.05) is 48.5 Å². The first-order valence-corrected chi connectivity index (χ1v) is 16.5. The van der Waals surface area contributed by atoms with Gasteiger partial charge in [0.05, 0.1) is 5.69 Å². The highest BCUT2D eigenvalue weighted by Crippen LogP contribution is 2.45. The molecule has 230 valence electrons. The molecule has 10 rings (SSSR count). The Morgan fingerprint density at radius 1 is 0.429 bits per heavy atom. The molecule has 0 spiro atoms. The molecule has 0 saturated carbocycles. The maximum Gasteiger partial charge on any atom is 0.227 e. The molecule has 0 saturated heterocycles. The molecule has 0 bridgehead atoms. The van der Waals surface area contributed by atoms with Gasteiger partial charge in [-0.15, -0.1) is 0 Å². The smallest absolute Gasteiger partial charge is 0.227 e. The van der Waals surface area contributed by atoms with E-state index in [1.54, 1.807) is 0 Å². The van der Waals surface area contributed by atoms with Crippen LogP contribution in [-0.2, 0) is 0 Å². The quantitative estimate of drug-likeness (QED) is 0.178. The third kappa shape index (κ3) is 4.49. The first-order chi connectivity index (χ1) is 24.3. The second-order valence-electron chi connectivity index (χ2n) is 12.4. The molecule has 0 aliphatic carbocycles. The highest BCUT2D eigenvalue weighted by molar-refractivity contribution is 6.21. The van der Waals surface area contributed by atoms with Crippen LogP contribution in [0.2, 0.25) is 0 Å². The number of nitrogens with zero attached hydrogens (tertiary/aromatic N) is 2. The summed E-state index contributed by atoms with van der Waals surface area (Å²) in [4.78, 5) is 7.48. The standard InChI is InChI=1S/C45H28N2O2/c1-3-12-31(13-4-1)45-46-43-39(27-33-20-19-30-11-7-8-16-36(30)42(33)44(43)49-45)47(34-14-5-2-6-15-34)35-24-21-29(22-25-35)32-23-26-38-37-17-9-10-18-40(37)48-41(38)28-32/h1-28H. The predicted molar refractivity (Wildman–Crippen MR) is 202 cm³/mol. The average molecular weight is 629 g/mol. The highest BCUT2D eigenvalue weighted by atomic mass is 16.3. The number of furan rings is 1. The van der Waals surface area contributed by atoms with E-state index in [9.17, 15) is 0 Å². The maximum atomic E-state index is 6.73. The molecule has 0 fully saturated rings. The van der Waals surface area contributed by atoms with Gasteiger partial charge in [-0.05, 0) is 87.9 Å². The van der Waals surface area contributed by atoms with Crippen LogP contribution in [0.4, 0.5) is 17.1 Å². The number of benzene rings is 8. The van der Waals surface area contributed by atoms with Gasteiger partial charge in [-0.2, -0.15) is 0 Å². The Morgan fingerprint density at radius 3 is 1.92 bits per heavy atom. The normalized spacial score (nSPS) is 11.7. The Kier molecular flexibility index (Phi) is 6.15. The number of fused-ring (bicyclic) bond motifs is 8. The molecule has 2 aromatic heterocycles. The summed E-state index contributed by atoms with van der Waals surface area (Å²) in [5.41, 5.74) is 9.54. The van der Waals surface area contributed by atoms with Gasteiger partial charge >= 0.3 is 0 Å². The van der Waals surface area contributed by atoms with Crippen LogP contribution in [0.5, 0.6) is 0 Å². The summed E-state index contributed by atoms with van der Waals surface area (Å²) < 4.78 is 12.9. The SMILES string of the molecule is c1ccc(-c2nc3c(N(c4ccccc4)c4ccc(-c5ccc6c(c5)oc5ccccc56)cc4)cc4ccc5ccccc5c4c3o2)cc1. The fourth-order valence-electron chi connectivity index (χ4n) is 7.13. The first kappa shape index (κ1) is 27.5. The van der Waals surface area contributed by atoms with Gasteiger partial charge in [-0.1, -0.05) is 109 Å². The van der Waals surface area contributed by atoms with Crippen LogP contribution in [0.1, 0.15) is 0 Å². The first-order valence-electron chi connectivity index (χ1n) is 16.5. The molecule has 0 amide bonds. The Morgan fingerprint density at radius 2 is 1.08 bits per heavy atom. The van der Waals surface area contributed by atoms with Gasteiger partial charge in [-0.25, -0.2) is 4.98 Å². The van der Waals surface area contributed by atoms with Crippen molar-refractivity contribution in [1.29, 1.82) is 0 Å². The molecule has 49 heavy (non-hydrogen) atoms. The van der Waals surface area contributed by atoms with Crippen molar-refractivity contribution < 1.29 is 8.83 Å². The summed E-state index contributed by atoms with van der Waals surface area (Å²) in [6.45, 7) is 0. The van der Waals surface area contributed by atoms with Crippen molar-refractivity contribution in [3.8, 4) is 22.6 Å². The van der Waals surface area contributed by atoms with Crippen molar-refractivity contribution in [3.63, 3.8) is 0 Å². The maximum absolute atomic E-state index is 6.73. The molecule has 0 unspecified atom stereocenters. The largest absolute Gasteiger partial charge is 0.456 e. The Labute approximate surface area is 282 Å². The molecule has 4 heteroatoms. The Bertz CT molecular complexity index is 2820. The molecule has 8 aromatic carbocycles. The lowest BCUT2D eigenvalue weighted by molar-refractivity contribution is 0.623. The van der Waals surface area contributed by atoms with Gasteiger partial charge in [0.2, 0.25) is 5.89 Å². The Balaban J connectivity index is 1.17. The number of para-hydroxylation sites is 2. The molecule has 0 N–H and O–H groups in total. The van der Waals surface area contributed by atoms with Crippen LogP contribution in [0.3, 0.4) is 0 Å². The van der Waals surface area contributed by atoms with E-state index in [0.29, 0.717) is 5.89 Å². The third-order valence-electron chi connectivity index (χ3n) is 9.46. The third-order valence-corrected chi connectivity index (χ3v) is 9.46. The van der Waals surface area contributed by atoms with Crippen molar-refractivity contribution in [2.24, 2.45) is 0 Å². The van der Waals surface area contributed by atoms with Crippen LogP contribution in [0.25, 0.3) is 77.2 Å². The molecule has 0 radical (unpaired) electrons. The molecule has 2 heterocycles. The second-order valence-corrected chi connectivity index (χ2v) is 12.4. The van der Waals surface area contributed by atoms with Crippen molar-refractivity contribution in [2.45, 2.75) is 0 Å². The number of hydrogen-bond acceptors (Lipinski definition) is 4. The number of anilines is 3. The van der Waals surface area contributed by atoms with Gasteiger partial charge in [0, 0.05) is 33.1 Å². The average Bonchev–Trinajstić information content (AvgIpc) is 3.78. The van der Waals surface area contributed by atoms with Crippen LogP contribution in [-0.4, -0.2) is 4.98 Å². The van der Waals surface area contributed by atoms with E-state index in [-0.39, 0.29) is 0 Å². The molecule has 0 aliphatic rings. The van der Waals surface area contributed by atoms with Gasteiger partial charge in [0.15, 0.2) is 5.58 Å². The summed E-state index contributed by atoms with van der Waals surface area (Å²) in [5.74, 6) is 0.599. The van der Waals surface area contributed by atoms with E-state index in [0.717, 1.165) is 88.3 Å². The van der Waals surface area contributed by atoms with Crippen LogP contribution < -0.4 is 4.90 Å². The van der Waals surface area contributed by atoms with Crippen molar-refractivity contribution in [1.82, 2.24) is 4.98 Å². The van der Waals surface area contributed by atoms with Gasteiger partial charge in [0.1, 0.15) is 16.7 Å². The lowest BCUT2D eigenvalue weighted by atomic mass is 9.99.